The lowest BCUT2D eigenvalue weighted by Gasteiger charge is -2.22. The molecule has 0 fully saturated rings. The van der Waals surface area contributed by atoms with Crippen molar-refractivity contribution in [2.75, 3.05) is 113 Å². The molecule has 14 nitrogen and oxygen atoms in total. The normalized spacial score (nSPS) is 10.6. The highest BCUT2D eigenvalue weighted by atomic mass is 32.2. The fourth-order valence-corrected chi connectivity index (χ4v) is 7.09. The molecule has 0 atom stereocenters. The average Bonchev–Trinajstić information content (AvgIpc) is 3.29. The highest BCUT2D eigenvalue weighted by Crippen LogP contribution is 2.27. The summed E-state index contributed by atoms with van der Waals surface area (Å²) in [5, 5.41) is 36.9. The highest BCUT2D eigenvalue weighted by Gasteiger charge is 2.08. The van der Waals surface area contributed by atoms with Crippen molar-refractivity contribution in [1.29, 1.82) is 0 Å². The van der Waals surface area contributed by atoms with Gasteiger partial charge in [-0.05, 0) is 70.9 Å². The van der Waals surface area contributed by atoms with Crippen LogP contribution in [0.25, 0.3) is 21.5 Å². The van der Waals surface area contributed by atoms with Gasteiger partial charge in [0, 0.05) is 107 Å². The number of carbonyl (C=O) groups is 1. The second kappa shape index (κ2) is 27.9. The lowest BCUT2D eigenvalue weighted by Crippen LogP contribution is -2.32. The van der Waals surface area contributed by atoms with Gasteiger partial charge in [0.15, 0.2) is 0 Å². The van der Waals surface area contributed by atoms with Crippen molar-refractivity contribution >= 4 is 65.9 Å². The van der Waals surface area contributed by atoms with Gasteiger partial charge in [0.1, 0.15) is 5.69 Å². The molecule has 0 bridgehead atoms. The zero-order chi connectivity index (χ0) is 46.9. The number of rotatable bonds is 18. The SMILES string of the molecule is CC(=O)NCCN(C)c1cccc2ccccc12.CN(CCNS(C)(=O)=O)c1cccc2ccccc12.Cc1cc(N(C)CCO)ccc1N=O.OCCN(CCO)c1ccccc1. The van der Waals surface area contributed by atoms with Gasteiger partial charge in [-0.2, -0.15) is 0 Å². The molecule has 0 aromatic heterocycles. The van der Waals surface area contributed by atoms with E-state index in [1.165, 1.54) is 40.4 Å². The number of aliphatic hydroxyl groups is 3. The molecule has 0 spiro atoms. The molecular formula is C49H65N7O7S. The Morgan fingerprint density at radius 3 is 1.55 bits per heavy atom. The maximum absolute atomic E-state index is 11.0. The Hall–Kier alpha value is -6.10. The molecule has 6 aromatic rings. The summed E-state index contributed by atoms with van der Waals surface area (Å²) in [6.07, 6.45) is 1.17. The number of fused-ring (bicyclic) bond motifs is 2. The first-order valence-corrected chi connectivity index (χ1v) is 23.0. The standard InChI is InChI=1S/C15H18N2O.C14H18N2O2S.C10H14N2O2.C10H15NO2/c1-12(18)16-10-11-17(2)15-9-5-7-13-6-3-4-8-14(13)15;1-16(11-10-15-19(2,17)18)14-9-5-7-12-6-3-4-8-13(12)14;1-8-7-9(12(2)5-6-13)3-4-10(8)11-14;12-8-6-11(7-9-13)10-4-2-1-3-5-10/h3-9H,10-11H2,1-2H3,(H,16,18);3-9,15H,10-11H2,1-2H3;3-4,7,13H,5-6H2,1-2H3;1-5,12-13H,6-9H2. The number of aryl methyl sites for hydroxylation is 1. The van der Waals surface area contributed by atoms with Crippen LogP contribution in [-0.4, -0.2) is 123 Å². The maximum atomic E-state index is 11.0. The fourth-order valence-electron chi connectivity index (χ4n) is 6.63. The van der Waals surface area contributed by atoms with Crippen LogP contribution in [0.4, 0.5) is 28.4 Å². The largest absolute Gasteiger partial charge is 0.395 e. The molecule has 64 heavy (non-hydrogen) atoms. The third-order valence-electron chi connectivity index (χ3n) is 10.0. The molecule has 0 aliphatic carbocycles. The minimum absolute atomic E-state index is 0.0151. The Bertz CT molecular complexity index is 2410. The van der Waals surface area contributed by atoms with Crippen LogP contribution in [0.5, 0.6) is 0 Å². The molecule has 15 heteroatoms. The summed E-state index contributed by atoms with van der Waals surface area (Å²) in [5.74, 6) is 0.0151. The van der Waals surface area contributed by atoms with Gasteiger partial charge >= 0.3 is 0 Å². The first-order valence-electron chi connectivity index (χ1n) is 21.1. The lowest BCUT2D eigenvalue weighted by molar-refractivity contribution is -0.118. The van der Waals surface area contributed by atoms with Crippen LogP contribution < -0.4 is 29.6 Å². The Morgan fingerprint density at radius 1 is 0.594 bits per heavy atom. The molecule has 0 saturated carbocycles. The predicted molar refractivity (Wildman–Crippen MR) is 266 cm³/mol. The van der Waals surface area contributed by atoms with Crippen LogP contribution in [-0.2, 0) is 14.8 Å². The summed E-state index contributed by atoms with van der Waals surface area (Å²) in [6, 6.07) is 44.0. The first kappa shape index (κ1) is 52.2. The second-order valence-electron chi connectivity index (χ2n) is 15.0. The molecule has 5 N–H and O–H groups in total. The van der Waals surface area contributed by atoms with Gasteiger partial charge < -0.3 is 40.2 Å². The number of likely N-dealkylation sites (N-methyl/N-ethyl adjacent to an activating group) is 3. The van der Waals surface area contributed by atoms with E-state index in [-0.39, 0.29) is 25.7 Å². The average molecular weight is 896 g/mol. The summed E-state index contributed by atoms with van der Waals surface area (Å²) in [5.41, 5.74) is 5.62. The molecule has 0 radical (unpaired) electrons. The number of hydrogen-bond acceptors (Lipinski definition) is 12. The van der Waals surface area contributed by atoms with Crippen molar-refractivity contribution in [2.24, 2.45) is 5.18 Å². The van der Waals surface area contributed by atoms with E-state index in [4.69, 9.17) is 15.3 Å². The van der Waals surface area contributed by atoms with Crippen LogP contribution in [0.3, 0.4) is 0 Å². The Labute approximate surface area is 378 Å². The van der Waals surface area contributed by atoms with Gasteiger partial charge in [0.05, 0.1) is 26.1 Å². The number of sulfonamides is 1. The number of hydrogen-bond donors (Lipinski definition) is 5. The topological polar surface area (TPSA) is 178 Å². The van der Waals surface area contributed by atoms with Gasteiger partial charge in [-0.15, -0.1) is 4.91 Å². The van der Waals surface area contributed by atoms with Crippen molar-refractivity contribution in [1.82, 2.24) is 10.0 Å². The minimum atomic E-state index is -3.12. The number of amides is 1. The smallest absolute Gasteiger partial charge is 0.216 e. The highest BCUT2D eigenvalue weighted by molar-refractivity contribution is 7.88. The van der Waals surface area contributed by atoms with Crippen LogP contribution in [0, 0.1) is 11.8 Å². The van der Waals surface area contributed by atoms with Crippen molar-refractivity contribution < 1.29 is 28.5 Å². The van der Waals surface area contributed by atoms with E-state index >= 15 is 0 Å². The second-order valence-corrected chi connectivity index (χ2v) is 16.8. The number of nitrogens with one attached hydrogen (secondary N) is 2. The summed E-state index contributed by atoms with van der Waals surface area (Å²) in [4.78, 5) is 29.3. The van der Waals surface area contributed by atoms with Crippen LogP contribution >= 0.6 is 0 Å². The monoisotopic (exact) mass is 895 g/mol. The minimum Gasteiger partial charge on any atom is -0.395 e. The van der Waals surface area contributed by atoms with Crippen LogP contribution in [0.1, 0.15) is 12.5 Å². The molecule has 0 aliphatic rings. The van der Waals surface area contributed by atoms with Crippen LogP contribution in [0.15, 0.2) is 139 Å². The van der Waals surface area contributed by atoms with Gasteiger partial charge in [0.2, 0.25) is 15.9 Å². The van der Waals surface area contributed by atoms with Crippen LogP contribution in [0.2, 0.25) is 0 Å². The molecule has 0 saturated heterocycles. The summed E-state index contributed by atoms with van der Waals surface area (Å²) < 4.78 is 24.6. The number of carbonyl (C=O) groups excluding carboxylic acids is 1. The predicted octanol–water partition coefficient (Wildman–Crippen LogP) is 6.54. The Balaban J connectivity index is 0.000000230. The van der Waals surface area contributed by atoms with E-state index in [0.717, 1.165) is 29.2 Å². The number of nitrogens with zero attached hydrogens (tertiary/aromatic N) is 5. The fraction of sp³-hybridized carbons (Fsp3) is 0.327. The quantitative estimate of drug-likeness (QED) is 0.0593. The van der Waals surface area contributed by atoms with Gasteiger partial charge in [0.25, 0.3) is 0 Å². The third-order valence-corrected chi connectivity index (χ3v) is 10.7. The van der Waals surface area contributed by atoms with E-state index < -0.39 is 10.0 Å². The van der Waals surface area contributed by atoms with E-state index in [9.17, 15) is 18.1 Å². The zero-order valence-electron chi connectivity index (χ0n) is 37.9. The van der Waals surface area contributed by atoms with Crippen molar-refractivity contribution in [3.8, 4) is 0 Å². The number of anilines is 4. The lowest BCUT2D eigenvalue weighted by atomic mass is 10.1. The number of para-hydroxylation sites is 1. The van der Waals surface area contributed by atoms with E-state index in [2.05, 4.69) is 73.5 Å². The maximum Gasteiger partial charge on any atom is 0.216 e. The van der Waals surface area contributed by atoms with Crippen molar-refractivity contribution in [3.05, 3.63) is 144 Å². The molecule has 344 valence electrons. The number of aliphatic hydroxyl groups excluding tert-OH is 3. The van der Waals surface area contributed by atoms with Gasteiger partial charge in [-0.1, -0.05) is 91.0 Å². The third kappa shape index (κ3) is 17.9. The molecule has 6 aromatic carbocycles. The molecule has 0 unspecified atom stereocenters. The van der Waals surface area contributed by atoms with E-state index in [1.807, 2.05) is 117 Å². The molecule has 0 aliphatic heterocycles. The number of nitroso groups, excluding NO2 is 1. The first-order chi connectivity index (χ1) is 30.7. The number of benzene rings is 6. The zero-order valence-corrected chi connectivity index (χ0v) is 38.7. The summed E-state index contributed by atoms with van der Waals surface area (Å²) in [7, 11) is 2.78. The van der Waals surface area contributed by atoms with Crippen molar-refractivity contribution in [2.45, 2.75) is 13.8 Å². The summed E-state index contributed by atoms with van der Waals surface area (Å²) in [6.45, 7) is 7.89. The Morgan fingerprint density at radius 2 is 1.08 bits per heavy atom. The molecule has 0 heterocycles. The van der Waals surface area contributed by atoms with E-state index in [1.54, 1.807) is 6.07 Å². The van der Waals surface area contributed by atoms with Gasteiger partial charge in [-0.25, -0.2) is 13.1 Å². The molecule has 1 amide bonds. The summed E-state index contributed by atoms with van der Waals surface area (Å²) >= 11 is 0. The van der Waals surface area contributed by atoms with Gasteiger partial charge in [-0.3, -0.25) is 4.79 Å². The van der Waals surface area contributed by atoms with E-state index in [0.29, 0.717) is 45.0 Å². The van der Waals surface area contributed by atoms with Crippen molar-refractivity contribution in [3.63, 3.8) is 0 Å². The Kier molecular flexibility index (Phi) is 22.7. The molecule has 6 rings (SSSR count). The molecular weight excluding hydrogens is 831 g/mol.